The van der Waals surface area contributed by atoms with Gasteiger partial charge in [0.1, 0.15) is 28.4 Å². The van der Waals surface area contributed by atoms with Crippen molar-refractivity contribution in [1.82, 2.24) is 20.9 Å². The molecule has 1 saturated heterocycles. The molecule has 0 saturated carbocycles. The number of nitrogens with one attached hydrogen (secondary N) is 3. The molecule has 174 valence electrons. The number of carboxylic acid groups (broad SMARTS) is 1. The number of thioether (sulfide) groups is 1. The third kappa shape index (κ3) is 4.45. The Morgan fingerprint density at radius 1 is 1.28 bits per heavy atom. The number of carbonyl (C=O) groups excluding carboxylic acids is 4. The Labute approximate surface area is 188 Å². The van der Waals surface area contributed by atoms with E-state index in [9.17, 15) is 34.2 Å². The van der Waals surface area contributed by atoms with Gasteiger partial charge in [0.25, 0.3) is 17.7 Å². The third-order valence-electron chi connectivity index (χ3n) is 5.37. The maximum Gasteiger partial charge on any atom is 0.352 e. The number of aliphatic carboxylic acids is 1. The molecule has 1 unspecified atom stereocenters. The van der Waals surface area contributed by atoms with E-state index in [1.807, 2.05) is 13.8 Å². The van der Waals surface area contributed by atoms with Crippen LogP contribution < -0.4 is 16.0 Å². The number of hydrogen-bond donors (Lipinski definition) is 5. The molecule has 3 rings (SSSR count). The van der Waals surface area contributed by atoms with E-state index in [4.69, 9.17) is 0 Å². The van der Waals surface area contributed by atoms with E-state index in [1.54, 1.807) is 6.92 Å². The molecule has 12 heteroatoms. The molecule has 0 bridgehead atoms. The van der Waals surface area contributed by atoms with Gasteiger partial charge in [-0.2, -0.15) is 0 Å². The average Bonchev–Trinajstić information content (AvgIpc) is 2.98. The summed E-state index contributed by atoms with van der Waals surface area (Å²) in [5, 5.41) is 26.6. The molecule has 0 aromatic carbocycles. The van der Waals surface area contributed by atoms with E-state index in [0.717, 1.165) is 0 Å². The highest BCUT2D eigenvalue weighted by molar-refractivity contribution is 8.00. The summed E-state index contributed by atoms with van der Waals surface area (Å²) in [4.78, 5) is 61.5. The van der Waals surface area contributed by atoms with E-state index in [2.05, 4.69) is 16.0 Å². The van der Waals surface area contributed by atoms with E-state index < -0.39 is 47.1 Å². The van der Waals surface area contributed by atoms with Gasteiger partial charge < -0.3 is 26.2 Å². The van der Waals surface area contributed by atoms with Crippen LogP contribution in [-0.2, 0) is 24.0 Å². The van der Waals surface area contributed by atoms with Crippen molar-refractivity contribution in [3.8, 4) is 0 Å². The summed E-state index contributed by atoms with van der Waals surface area (Å²) in [7, 11) is 0. The number of rotatable bonds is 8. The number of hydrogen-bond acceptors (Lipinski definition) is 7. The minimum Gasteiger partial charge on any atom is -0.509 e. The van der Waals surface area contributed by atoms with Crippen LogP contribution in [0.15, 0.2) is 22.6 Å². The van der Waals surface area contributed by atoms with E-state index in [-0.39, 0.29) is 35.9 Å². The van der Waals surface area contributed by atoms with Crippen molar-refractivity contribution in [2.75, 3.05) is 12.3 Å². The molecule has 0 radical (unpaired) electrons. The largest absolute Gasteiger partial charge is 0.509 e. The minimum absolute atomic E-state index is 0.0461. The van der Waals surface area contributed by atoms with Gasteiger partial charge in [0.2, 0.25) is 5.91 Å². The standard InChI is InChI=1S/C20H26N4O7S/c1-8(2)6-10-15(26)12(17(28)22-10)16(27)21-5-4-11(25)23-13-18(29)24-14(20(30)31)9(3)7-32-19(13)24/h8,10,13,19,26H,4-7H2,1-3H3,(H,21,27)(H,22,28)(H,23,25)(H,30,31)/t10?,13-,19-/m1/s1. The van der Waals surface area contributed by atoms with Crippen LogP contribution in [0.4, 0.5) is 0 Å². The van der Waals surface area contributed by atoms with E-state index >= 15 is 0 Å². The van der Waals surface area contributed by atoms with Gasteiger partial charge >= 0.3 is 5.97 Å². The highest BCUT2D eigenvalue weighted by atomic mass is 32.2. The fraction of sp³-hybridized carbons (Fsp3) is 0.550. The zero-order valence-electron chi connectivity index (χ0n) is 17.9. The summed E-state index contributed by atoms with van der Waals surface area (Å²) >= 11 is 1.37. The summed E-state index contributed by atoms with van der Waals surface area (Å²) in [6.07, 6.45) is 0.333. The molecule has 0 spiro atoms. The Morgan fingerprint density at radius 3 is 2.59 bits per heavy atom. The quantitative estimate of drug-likeness (QED) is 0.238. The molecule has 5 N–H and O–H groups in total. The average molecular weight is 467 g/mol. The second-order valence-electron chi connectivity index (χ2n) is 8.31. The molecular weight excluding hydrogens is 440 g/mol. The van der Waals surface area contributed by atoms with Gasteiger partial charge in [-0.05, 0) is 24.8 Å². The number of fused-ring (bicyclic) bond motifs is 1. The highest BCUT2D eigenvalue weighted by Crippen LogP contribution is 2.40. The number of aliphatic hydroxyl groups is 1. The second-order valence-corrected chi connectivity index (χ2v) is 9.42. The number of carbonyl (C=O) groups is 5. The predicted molar refractivity (Wildman–Crippen MR) is 114 cm³/mol. The van der Waals surface area contributed by atoms with Crippen LogP contribution >= 0.6 is 11.8 Å². The number of carboxylic acids is 1. The first-order chi connectivity index (χ1) is 15.0. The van der Waals surface area contributed by atoms with Crippen LogP contribution in [0.25, 0.3) is 0 Å². The molecule has 3 aliphatic heterocycles. The molecule has 3 aliphatic rings. The van der Waals surface area contributed by atoms with Crippen LogP contribution in [0.3, 0.4) is 0 Å². The fourth-order valence-corrected chi connectivity index (χ4v) is 5.14. The first-order valence-corrected chi connectivity index (χ1v) is 11.3. The van der Waals surface area contributed by atoms with Gasteiger partial charge in [-0.15, -0.1) is 11.8 Å². The number of nitrogens with zero attached hydrogens (tertiary/aromatic N) is 1. The van der Waals surface area contributed by atoms with Crippen molar-refractivity contribution in [1.29, 1.82) is 0 Å². The lowest BCUT2D eigenvalue weighted by Gasteiger charge is -2.49. The Bertz CT molecular complexity index is 942. The molecule has 11 nitrogen and oxygen atoms in total. The van der Waals surface area contributed by atoms with Crippen molar-refractivity contribution in [3.05, 3.63) is 22.6 Å². The fourth-order valence-electron chi connectivity index (χ4n) is 3.85. The van der Waals surface area contributed by atoms with Gasteiger partial charge in [0.15, 0.2) is 0 Å². The normalized spacial score (nSPS) is 24.9. The Morgan fingerprint density at radius 2 is 1.97 bits per heavy atom. The Balaban J connectivity index is 1.50. The van der Waals surface area contributed by atoms with Gasteiger partial charge in [-0.3, -0.25) is 24.1 Å². The molecule has 0 aromatic heterocycles. The van der Waals surface area contributed by atoms with Gasteiger partial charge in [-0.1, -0.05) is 13.8 Å². The molecule has 0 aliphatic carbocycles. The summed E-state index contributed by atoms with van der Waals surface area (Å²) in [5.74, 6) is -3.29. The SMILES string of the molecule is CC1=C(C(=O)O)N2C(=O)[C@@H](NC(=O)CCNC(=O)C3=C(O)C(CC(C)C)NC3=O)[C@H]2SC1. The second kappa shape index (κ2) is 9.23. The van der Waals surface area contributed by atoms with Crippen LogP contribution in [0.2, 0.25) is 0 Å². The predicted octanol–water partition coefficient (Wildman–Crippen LogP) is -0.392. The van der Waals surface area contributed by atoms with Crippen molar-refractivity contribution in [2.24, 2.45) is 5.92 Å². The summed E-state index contributed by atoms with van der Waals surface area (Å²) in [6.45, 7) is 5.39. The maximum atomic E-state index is 12.4. The molecule has 1 fully saturated rings. The number of β-lactam (4-membered cyclic amide) rings is 1. The summed E-state index contributed by atoms with van der Waals surface area (Å²) < 4.78 is 0. The van der Waals surface area contributed by atoms with Crippen molar-refractivity contribution >= 4 is 41.4 Å². The summed E-state index contributed by atoms with van der Waals surface area (Å²) in [5.41, 5.74) is 0.182. The van der Waals surface area contributed by atoms with E-state index in [0.29, 0.717) is 17.7 Å². The minimum atomic E-state index is -1.18. The zero-order chi connectivity index (χ0) is 23.7. The summed E-state index contributed by atoms with van der Waals surface area (Å²) in [6, 6.07) is -1.45. The zero-order valence-corrected chi connectivity index (χ0v) is 18.7. The van der Waals surface area contributed by atoms with Crippen molar-refractivity contribution in [3.63, 3.8) is 0 Å². The molecule has 3 heterocycles. The molecule has 32 heavy (non-hydrogen) atoms. The highest BCUT2D eigenvalue weighted by Gasteiger charge is 2.53. The lowest BCUT2D eigenvalue weighted by atomic mass is 10.0. The van der Waals surface area contributed by atoms with Crippen LogP contribution in [0.1, 0.15) is 33.6 Å². The lowest BCUT2D eigenvalue weighted by molar-refractivity contribution is -0.150. The Kier molecular flexibility index (Phi) is 6.82. The van der Waals surface area contributed by atoms with Crippen LogP contribution in [-0.4, -0.2) is 74.5 Å². The molecule has 0 aromatic rings. The van der Waals surface area contributed by atoms with Gasteiger partial charge in [0.05, 0.1) is 6.04 Å². The number of amides is 4. The molecule has 4 amide bonds. The lowest BCUT2D eigenvalue weighted by Crippen LogP contribution is -2.70. The maximum absolute atomic E-state index is 12.4. The van der Waals surface area contributed by atoms with Gasteiger partial charge in [-0.25, -0.2) is 4.79 Å². The smallest absolute Gasteiger partial charge is 0.352 e. The van der Waals surface area contributed by atoms with Crippen LogP contribution in [0, 0.1) is 5.92 Å². The third-order valence-corrected chi connectivity index (χ3v) is 6.79. The van der Waals surface area contributed by atoms with Gasteiger partial charge in [0, 0.05) is 18.7 Å². The first kappa shape index (κ1) is 23.6. The van der Waals surface area contributed by atoms with Crippen molar-refractivity contribution < 1.29 is 34.2 Å². The molecule has 3 atom stereocenters. The topological polar surface area (TPSA) is 165 Å². The Hall–Kier alpha value is -3.02. The first-order valence-electron chi connectivity index (χ1n) is 10.2. The van der Waals surface area contributed by atoms with E-state index in [1.165, 1.54) is 16.7 Å². The molecular formula is C20H26N4O7S. The number of aliphatic hydroxyl groups excluding tert-OH is 1. The van der Waals surface area contributed by atoms with Crippen molar-refractivity contribution in [2.45, 2.75) is 51.1 Å². The van der Waals surface area contributed by atoms with Crippen LogP contribution in [0.5, 0.6) is 0 Å². The monoisotopic (exact) mass is 466 g/mol.